The number of rotatable bonds is 45. The largest absolute Gasteiger partial charge is 0.437 e. The van der Waals surface area contributed by atoms with Crippen molar-refractivity contribution in [1.82, 2.24) is 0 Å². The molecule has 14 nitrogen and oxygen atoms in total. The van der Waals surface area contributed by atoms with E-state index in [9.17, 15) is 10.2 Å². The first-order valence-corrected chi connectivity index (χ1v) is 66.6. The molecule has 0 heterocycles. The second-order valence-electron chi connectivity index (χ2n) is 29.9. The summed E-state index contributed by atoms with van der Waals surface area (Å²) in [5, 5.41) is 22.6. The smallest absolute Gasteiger partial charge is 0.314 e. The van der Waals surface area contributed by atoms with E-state index in [1.165, 1.54) is 0 Å². The molecule has 0 unspecified atom stereocenters. The molecule has 0 bridgehead atoms. The maximum absolute atomic E-state index is 11.3. The summed E-state index contributed by atoms with van der Waals surface area (Å²) in [4.78, 5) is 0. The summed E-state index contributed by atoms with van der Waals surface area (Å²) in [5.41, 5.74) is 0. The molecule has 76 heavy (non-hydrogen) atoms. The topological polar surface area (TPSA) is 151 Å². The highest BCUT2D eigenvalue weighted by atomic mass is 28.5. The van der Waals surface area contributed by atoms with Crippen LogP contribution in [0, 0.1) is 0 Å². The first-order chi connectivity index (χ1) is 33.9. The van der Waals surface area contributed by atoms with Crippen LogP contribution in [-0.4, -0.2) is 175 Å². The van der Waals surface area contributed by atoms with E-state index >= 15 is 0 Å². The first-order valence-electron chi connectivity index (χ1n) is 29.2. The predicted octanol–water partition coefficient (Wildman–Crippen LogP) is 14.7. The van der Waals surface area contributed by atoms with E-state index in [1.807, 2.05) is 0 Å². The molecular formula is C50H126O14Si12. The highest BCUT2D eigenvalue weighted by molar-refractivity contribution is 6.90. The summed E-state index contributed by atoms with van der Waals surface area (Å²) < 4.78 is 82.0. The standard InChI is InChI=1S/C50H126O14Si12/c1-65(2,3)57-73(25,58-66(4,5)6)41-33-29-37-53-47(45-51)49(55-39-31-35-43-75(27,61-69(13,14)15)62-70(16,17)18)50(56-40-32-36-44-76(28,63-71(19,20)21)64-72(22,23)24)48(46-52)54-38-30-34-42-74(26,59-67(7,8)9)60-68(10,11)12/h47-52H,29-46H2,1-28H3/t47-,48+,49+,50-. The lowest BCUT2D eigenvalue weighted by Gasteiger charge is -2.39. The molecule has 0 aliphatic rings. The average molecular weight is 1290 g/mol. The van der Waals surface area contributed by atoms with E-state index in [0.29, 0.717) is 26.4 Å². The minimum Gasteiger partial charge on any atom is -0.437 e. The lowest BCUT2D eigenvalue weighted by Crippen LogP contribution is -2.53. The molecule has 0 saturated heterocycles. The zero-order valence-corrected chi connectivity index (χ0v) is 66.8. The Kier molecular flexibility index (Phi) is 34.0. The van der Waals surface area contributed by atoms with E-state index < -0.39 is 125 Å². The van der Waals surface area contributed by atoms with E-state index in [0.717, 1.165) is 75.5 Å². The van der Waals surface area contributed by atoms with Crippen LogP contribution in [-0.2, 0) is 51.9 Å². The maximum Gasteiger partial charge on any atom is 0.314 e. The van der Waals surface area contributed by atoms with Crippen molar-refractivity contribution in [3.63, 3.8) is 0 Å². The van der Waals surface area contributed by atoms with Gasteiger partial charge in [-0.1, -0.05) is 0 Å². The van der Waals surface area contributed by atoms with Gasteiger partial charge in [0.25, 0.3) is 0 Å². The maximum atomic E-state index is 11.3. The van der Waals surface area contributed by atoms with Gasteiger partial charge >= 0.3 is 34.2 Å². The van der Waals surface area contributed by atoms with Crippen LogP contribution < -0.4 is 0 Å². The van der Waals surface area contributed by atoms with Gasteiger partial charge in [0.2, 0.25) is 0 Å². The second kappa shape index (κ2) is 33.1. The molecule has 0 radical (unpaired) electrons. The van der Waals surface area contributed by atoms with Crippen LogP contribution in [0.25, 0.3) is 0 Å². The molecule has 0 amide bonds. The molecule has 4 atom stereocenters. The molecule has 0 aromatic rings. The van der Waals surface area contributed by atoms with Gasteiger partial charge in [-0.15, -0.1) is 0 Å². The van der Waals surface area contributed by atoms with Gasteiger partial charge in [0.1, 0.15) is 24.4 Å². The third-order valence-electron chi connectivity index (χ3n) is 11.0. The van der Waals surface area contributed by atoms with Gasteiger partial charge in [-0.25, -0.2) is 0 Å². The minimum absolute atomic E-state index is 0.283. The molecule has 0 aliphatic carbocycles. The van der Waals surface area contributed by atoms with Gasteiger partial charge in [-0.2, -0.15) is 0 Å². The van der Waals surface area contributed by atoms with Gasteiger partial charge in [-0.3, -0.25) is 0 Å². The van der Waals surface area contributed by atoms with Gasteiger partial charge in [-0.05, 0) is 259 Å². The third kappa shape index (κ3) is 41.1. The van der Waals surface area contributed by atoms with Crippen molar-refractivity contribution in [2.75, 3.05) is 39.6 Å². The summed E-state index contributed by atoms with van der Waals surface area (Å²) in [6.45, 7) is 63.7. The van der Waals surface area contributed by atoms with Crippen molar-refractivity contribution in [2.45, 2.75) is 283 Å². The van der Waals surface area contributed by atoms with E-state index in [2.05, 4.69) is 183 Å². The third-order valence-corrected chi connectivity index (χ3v) is 49.4. The van der Waals surface area contributed by atoms with Crippen LogP contribution in [0.2, 0.25) is 207 Å². The van der Waals surface area contributed by atoms with E-state index in [-0.39, 0.29) is 13.2 Å². The Morgan fingerprint density at radius 2 is 0.395 bits per heavy atom. The Hall–Kier alpha value is 2.04. The van der Waals surface area contributed by atoms with Gasteiger partial charge in [0.15, 0.2) is 66.5 Å². The van der Waals surface area contributed by atoms with Crippen LogP contribution in [0.5, 0.6) is 0 Å². The summed E-state index contributed by atoms with van der Waals surface area (Å²) >= 11 is 0. The van der Waals surface area contributed by atoms with Crippen molar-refractivity contribution in [3.05, 3.63) is 0 Å². The molecule has 0 aliphatic heterocycles. The Morgan fingerprint density at radius 1 is 0.237 bits per heavy atom. The summed E-state index contributed by atoms with van der Waals surface area (Å²) in [5.74, 6) is 0. The fraction of sp³-hybridized carbons (Fsp3) is 1.00. The normalized spacial score (nSPS) is 16.3. The van der Waals surface area contributed by atoms with Crippen LogP contribution in [0.1, 0.15) is 51.4 Å². The average Bonchev–Trinajstić information content (AvgIpc) is 3.12. The molecule has 0 fully saturated rings. The van der Waals surface area contributed by atoms with Crippen LogP contribution in [0.15, 0.2) is 0 Å². The molecule has 0 saturated carbocycles. The van der Waals surface area contributed by atoms with Crippen molar-refractivity contribution in [1.29, 1.82) is 0 Å². The van der Waals surface area contributed by atoms with Gasteiger partial charge in [0.05, 0.1) is 13.2 Å². The van der Waals surface area contributed by atoms with Crippen LogP contribution in [0.4, 0.5) is 0 Å². The Bertz CT molecular complexity index is 1390. The predicted molar refractivity (Wildman–Crippen MR) is 351 cm³/mol. The van der Waals surface area contributed by atoms with Crippen molar-refractivity contribution < 1.29 is 62.1 Å². The highest BCUT2D eigenvalue weighted by Gasteiger charge is 2.44. The summed E-state index contributed by atoms with van der Waals surface area (Å²) in [6.07, 6.45) is 3.62. The van der Waals surface area contributed by atoms with Gasteiger partial charge in [0, 0.05) is 26.4 Å². The van der Waals surface area contributed by atoms with Crippen molar-refractivity contribution >= 4 is 101 Å². The molecule has 26 heteroatoms. The molecule has 0 spiro atoms. The molecule has 0 rings (SSSR count). The number of hydrogen-bond acceptors (Lipinski definition) is 14. The second-order valence-corrected chi connectivity index (χ2v) is 81.3. The van der Waals surface area contributed by atoms with Crippen LogP contribution >= 0.6 is 0 Å². The van der Waals surface area contributed by atoms with E-state index in [1.54, 1.807) is 0 Å². The number of hydrogen-bond donors (Lipinski definition) is 2. The molecule has 0 aromatic carbocycles. The Balaban J connectivity index is 7.03. The zero-order chi connectivity index (χ0) is 59.5. The summed E-state index contributed by atoms with van der Waals surface area (Å²) in [7, 11) is -24.7. The molecule has 458 valence electrons. The monoisotopic (exact) mass is 1290 g/mol. The quantitative estimate of drug-likeness (QED) is 0.0439. The first kappa shape index (κ1) is 78.0. The van der Waals surface area contributed by atoms with Crippen molar-refractivity contribution in [2.24, 2.45) is 0 Å². The SMILES string of the molecule is C[Si](C)(C)O[Si](C)(CCCCO[C@H]([C@H](OCCCC[Si](C)(O[Si](C)(C)C)O[Si](C)(C)C)[C@H](CO)OCCCC[Si](C)(O[Si](C)(C)C)O[Si](C)(C)C)[C@@H](CO)OCCCC[Si](C)(O[Si](C)(C)C)O[Si](C)(C)C)O[Si](C)(C)C. The lowest BCUT2D eigenvalue weighted by atomic mass is 10.0. The fourth-order valence-electron chi connectivity index (χ4n) is 10.1. The lowest BCUT2D eigenvalue weighted by molar-refractivity contribution is -0.191. The summed E-state index contributed by atoms with van der Waals surface area (Å²) in [6, 6.07) is 3.47. The number of aliphatic hydroxyl groups is 2. The zero-order valence-electron chi connectivity index (χ0n) is 54.8. The molecular weight excluding hydrogens is 1160 g/mol. The minimum atomic E-state index is -2.47. The molecule has 0 aromatic heterocycles. The highest BCUT2D eigenvalue weighted by Crippen LogP contribution is 2.31. The Morgan fingerprint density at radius 3 is 0.539 bits per heavy atom. The fourth-order valence-corrected chi connectivity index (χ4v) is 60.6. The number of aliphatic hydroxyl groups excluding tert-OH is 2. The van der Waals surface area contributed by atoms with Crippen molar-refractivity contribution in [3.8, 4) is 0 Å². The number of ether oxygens (including phenoxy) is 4. The van der Waals surface area contributed by atoms with Gasteiger partial charge < -0.3 is 62.1 Å². The van der Waals surface area contributed by atoms with E-state index in [4.69, 9.17) is 51.9 Å². The molecule has 2 N–H and O–H groups in total. The Labute approximate surface area is 482 Å². The van der Waals surface area contributed by atoms with Crippen LogP contribution in [0.3, 0.4) is 0 Å². The number of unbranched alkanes of at least 4 members (excludes halogenated alkanes) is 4.